The standard InChI is InChI=1S/C11H8N2O3S2/c14-9-8(10(15)13-11(16)12-9)3-5-1-6(17)4-7(18)2-5/h1-4,17-18H,(H2,12,13,14,15,16). The number of hydrogen-bond acceptors (Lipinski definition) is 5. The molecule has 5 nitrogen and oxygen atoms in total. The molecular formula is C11H8N2O3S2. The number of benzene rings is 1. The molecule has 1 fully saturated rings. The molecule has 1 aromatic carbocycles. The summed E-state index contributed by atoms with van der Waals surface area (Å²) < 4.78 is 0. The average molecular weight is 280 g/mol. The topological polar surface area (TPSA) is 75.3 Å². The molecule has 1 aromatic rings. The second-order valence-corrected chi connectivity index (χ2v) is 4.61. The molecule has 0 spiro atoms. The predicted octanol–water partition coefficient (Wildman–Crippen LogP) is 1.01. The first kappa shape index (κ1) is 12.7. The Bertz CT molecular complexity index is 554. The summed E-state index contributed by atoms with van der Waals surface area (Å²) in [5.41, 5.74) is 0.461. The molecule has 0 saturated carbocycles. The number of imide groups is 2. The van der Waals surface area contributed by atoms with Gasteiger partial charge in [-0.3, -0.25) is 20.2 Å². The molecule has 1 heterocycles. The number of rotatable bonds is 1. The first-order chi connectivity index (χ1) is 8.45. The van der Waals surface area contributed by atoms with Gasteiger partial charge < -0.3 is 0 Å². The Labute approximate surface area is 113 Å². The zero-order valence-corrected chi connectivity index (χ0v) is 10.7. The van der Waals surface area contributed by atoms with Crippen LogP contribution in [0.2, 0.25) is 0 Å². The highest BCUT2D eigenvalue weighted by atomic mass is 32.1. The predicted molar refractivity (Wildman–Crippen MR) is 70.6 cm³/mol. The van der Waals surface area contributed by atoms with Crippen molar-refractivity contribution in [3.05, 3.63) is 29.3 Å². The van der Waals surface area contributed by atoms with Crippen molar-refractivity contribution in [1.82, 2.24) is 10.6 Å². The number of thiol groups is 2. The highest BCUT2D eigenvalue weighted by molar-refractivity contribution is 7.81. The number of carbonyl (C=O) groups excluding carboxylic acids is 3. The zero-order chi connectivity index (χ0) is 13.3. The van der Waals surface area contributed by atoms with Crippen LogP contribution in [0.25, 0.3) is 6.08 Å². The second kappa shape index (κ2) is 4.87. The first-order valence-corrected chi connectivity index (χ1v) is 5.76. The first-order valence-electron chi connectivity index (χ1n) is 4.87. The van der Waals surface area contributed by atoms with E-state index in [1.165, 1.54) is 6.08 Å². The molecule has 0 aromatic heterocycles. The smallest absolute Gasteiger partial charge is 0.273 e. The lowest BCUT2D eigenvalue weighted by Crippen LogP contribution is -2.51. The van der Waals surface area contributed by atoms with Crippen molar-refractivity contribution in [3.63, 3.8) is 0 Å². The maximum atomic E-state index is 11.5. The number of nitrogens with one attached hydrogen (secondary N) is 2. The molecule has 1 saturated heterocycles. The van der Waals surface area contributed by atoms with Gasteiger partial charge in [-0.15, -0.1) is 25.3 Å². The van der Waals surface area contributed by atoms with Gasteiger partial charge in [-0.1, -0.05) is 0 Å². The van der Waals surface area contributed by atoms with Crippen molar-refractivity contribution in [1.29, 1.82) is 0 Å². The lowest BCUT2D eigenvalue weighted by Gasteiger charge is -2.14. The number of hydrogen-bond donors (Lipinski definition) is 4. The minimum Gasteiger partial charge on any atom is -0.273 e. The lowest BCUT2D eigenvalue weighted by molar-refractivity contribution is -0.123. The molecule has 7 heteroatoms. The fraction of sp³-hybridized carbons (Fsp3) is 0. The van der Waals surface area contributed by atoms with E-state index >= 15 is 0 Å². The summed E-state index contributed by atoms with van der Waals surface area (Å²) in [6.07, 6.45) is 1.37. The molecule has 1 aliphatic heterocycles. The Morgan fingerprint density at radius 1 is 0.889 bits per heavy atom. The van der Waals surface area contributed by atoms with Crippen LogP contribution in [-0.4, -0.2) is 17.8 Å². The zero-order valence-electron chi connectivity index (χ0n) is 8.93. The molecule has 0 unspecified atom stereocenters. The van der Waals surface area contributed by atoms with Gasteiger partial charge in [0.05, 0.1) is 0 Å². The number of amides is 4. The van der Waals surface area contributed by atoms with Crippen LogP contribution in [0.15, 0.2) is 33.6 Å². The van der Waals surface area contributed by atoms with E-state index in [-0.39, 0.29) is 5.57 Å². The Morgan fingerprint density at radius 3 is 1.89 bits per heavy atom. The molecule has 18 heavy (non-hydrogen) atoms. The van der Waals surface area contributed by atoms with E-state index in [0.29, 0.717) is 15.4 Å². The van der Waals surface area contributed by atoms with E-state index in [1.807, 2.05) is 10.6 Å². The van der Waals surface area contributed by atoms with Gasteiger partial charge in [0.15, 0.2) is 0 Å². The fourth-order valence-corrected chi connectivity index (χ4v) is 2.15. The summed E-state index contributed by atoms with van der Waals surface area (Å²) in [4.78, 5) is 35.2. The molecule has 0 atom stereocenters. The highest BCUT2D eigenvalue weighted by Crippen LogP contribution is 2.19. The third kappa shape index (κ3) is 2.74. The van der Waals surface area contributed by atoms with Gasteiger partial charge in [0.25, 0.3) is 11.8 Å². The van der Waals surface area contributed by atoms with Crippen molar-refractivity contribution in [2.75, 3.05) is 0 Å². The van der Waals surface area contributed by atoms with Crippen LogP contribution >= 0.6 is 25.3 Å². The summed E-state index contributed by atoms with van der Waals surface area (Å²) >= 11 is 8.34. The minimum atomic E-state index is -0.819. The Morgan fingerprint density at radius 2 is 1.39 bits per heavy atom. The third-order valence-corrected chi connectivity index (χ3v) is 2.70. The van der Waals surface area contributed by atoms with Crippen LogP contribution in [0.1, 0.15) is 5.56 Å². The van der Waals surface area contributed by atoms with E-state index in [0.717, 1.165) is 0 Å². The van der Waals surface area contributed by atoms with E-state index in [4.69, 9.17) is 0 Å². The third-order valence-electron chi connectivity index (χ3n) is 2.18. The molecule has 4 amide bonds. The average Bonchev–Trinajstić information content (AvgIpc) is 2.22. The lowest BCUT2D eigenvalue weighted by atomic mass is 10.1. The highest BCUT2D eigenvalue weighted by Gasteiger charge is 2.27. The summed E-state index contributed by atoms with van der Waals surface area (Å²) in [7, 11) is 0. The number of urea groups is 1. The van der Waals surface area contributed by atoms with Crippen LogP contribution in [0, 0.1) is 0 Å². The van der Waals surface area contributed by atoms with E-state index in [9.17, 15) is 14.4 Å². The summed E-state index contributed by atoms with van der Waals surface area (Å²) in [5.74, 6) is -1.46. The minimum absolute atomic E-state index is 0.138. The van der Waals surface area contributed by atoms with Crippen molar-refractivity contribution in [3.8, 4) is 0 Å². The number of barbiturate groups is 1. The molecule has 0 aliphatic carbocycles. The van der Waals surface area contributed by atoms with Gasteiger partial charge in [-0.05, 0) is 29.8 Å². The van der Waals surface area contributed by atoms with Crippen LogP contribution in [0.4, 0.5) is 4.79 Å². The number of carbonyl (C=O) groups is 3. The molecule has 0 bridgehead atoms. The van der Waals surface area contributed by atoms with Gasteiger partial charge in [0.2, 0.25) is 0 Å². The summed E-state index contributed by atoms with van der Waals surface area (Å²) in [5, 5.41) is 3.99. The van der Waals surface area contributed by atoms with Crippen LogP contribution < -0.4 is 10.6 Å². The maximum absolute atomic E-state index is 11.5. The Balaban J connectivity index is 2.40. The van der Waals surface area contributed by atoms with Crippen LogP contribution in [-0.2, 0) is 9.59 Å². The van der Waals surface area contributed by atoms with Crippen molar-refractivity contribution in [2.45, 2.75) is 9.79 Å². The molecule has 2 rings (SSSR count). The Kier molecular flexibility index (Phi) is 3.44. The van der Waals surface area contributed by atoms with Crippen molar-refractivity contribution in [2.24, 2.45) is 0 Å². The van der Waals surface area contributed by atoms with Crippen molar-refractivity contribution < 1.29 is 14.4 Å². The van der Waals surface area contributed by atoms with Crippen LogP contribution in [0.3, 0.4) is 0 Å². The monoisotopic (exact) mass is 280 g/mol. The van der Waals surface area contributed by atoms with Gasteiger partial charge >= 0.3 is 6.03 Å². The molecular weight excluding hydrogens is 272 g/mol. The molecule has 2 N–H and O–H groups in total. The van der Waals surface area contributed by atoms with Gasteiger partial charge in [-0.25, -0.2) is 4.79 Å². The Hall–Kier alpha value is -1.73. The van der Waals surface area contributed by atoms with Gasteiger partial charge in [0, 0.05) is 9.79 Å². The molecule has 0 radical (unpaired) electrons. The largest absolute Gasteiger partial charge is 0.328 e. The summed E-state index contributed by atoms with van der Waals surface area (Å²) in [6.45, 7) is 0. The quantitative estimate of drug-likeness (QED) is 0.352. The van der Waals surface area contributed by atoms with E-state index in [2.05, 4.69) is 25.3 Å². The summed E-state index contributed by atoms with van der Waals surface area (Å²) in [6, 6.07) is 4.25. The van der Waals surface area contributed by atoms with Crippen LogP contribution in [0.5, 0.6) is 0 Å². The van der Waals surface area contributed by atoms with Gasteiger partial charge in [0.1, 0.15) is 5.57 Å². The van der Waals surface area contributed by atoms with E-state index in [1.54, 1.807) is 18.2 Å². The van der Waals surface area contributed by atoms with E-state index < -0.39 is 17.8 Å². The molecule has 1 aliphatic rings. The SMILES string of the molecule is O=C1NC(=O)C(=Cc2cc(S)cc(S)c2)C(=O)N1. The van der Waals surface area contributed by atoms with Gasteiger partial charge in [-0.2, -0.15) is 0 Å². The molecule has 92 valence electrons. The normalized spacial score (nSPS) is 15.2. The fourth-order valence-electron chi connectivity index (χ4n) is 1.47. The van der Waals surface area contributed by atoms with Crippen molar-refractivity contribution >= 4 is 49.2 Å². The maximum Gasteiger partial charge on any atom is 0.328 e. The second-order valence-electron chi connectivity index (χ2n) is 3.58.